The number of carbonyl (C=O) groups is 1. The average Bonchev–Trinajstić information content (AvgIpc) is 2.75. The van der Waals surface area contributed by atoms with Crippen LogP contribution < -0.4 is 0 Å². The second kappa shape index (κ2) is 6.95. The summed E-state index contributed by atoms with van der Waals surface area (Å²) in [4.78, 5) is 16.2. The summed E-state index contributed by atoms with van der Waals surface area (Å²) in [6.07, 6.45) is 1.98. The van der Waals surface area contributed by atoms with Crippen molar-refractivity contribution >= 4 is 23.4 Å². The number of aromatic nitrogens is 2. The Morgan fingerprint density at radius 1 is 1.65 bits per heavy atom. The van der Waals surface area contributed by atoms with Crippen molar-refractivity contribution in [2.75, 3.05) is 20.0 Å². The molecule has 0 unspecified atom stereocenters. The molecule has 94 valence electrons. The van der Waals surface area contributed by atoms with Gasteiger partial charge in [0.2, 0.25) is 5.71 Å². The van der Waals surface area contributed by atoms with E-state index in [2.05, 4.69) is 20.2 Å². The molecular weight excluding hydrogens is 242 g/mol. The highest BCUT2D eigenvalue weighted by atomic mass is 32.2. The normalized spacial score (nSPS) is 11.4. The van der Waals surface area contributed by atoms with Gasteiger partial charge in [0.05, 0.1) is 18.0 Å². The summed E-state index contributed by atoms with van der Waals surface area (Å²) in [5.41, 5.74) is 1.43. The number of hydrogen-bond acceptors (Lipinski definition) is 6. The van der Waals surface area contributed by atoms with Crippen LogP contribution in [0.15, 0.2) is 11.2 Å². The number of nitrogens with one attached hydrogen (secondary N) is 1. The Labute approximate surface area is 104 Å². The molecule has 1 N–H and O–H groups in total. The highest BCUT2D eigenvalue weighted by molar-refractivity contribution is 7.97. The van der Waals surface area contributed by atoms with Crippen LogP contribution in [-0.2, 0) is 20.1 Å². The third-order valence-electron chi connectivity index (χ3n) is 1.83. The van der Waals surface area contributed by atoms with Gasteiger partial charge in [-0.1, -0.05) is 5.16 Å². The molecule has 1 aromatic heterocycles. The third-order valence-corrected chi connectivity index (χ3v) is 2.41. The van der Waals surface area contributed by atoms with E-state index >= 15 is 0 Å². The Balaban J connectivity index is 2.89. The number of esters is 1. The topological polar surface area (TPSA) is 76.6 Å². The van der Waals surface area contributed by atoms with Gasteiger partial charge in [-0.15, -0.1) is 0 Å². The standard InChI is InChI=1S/C10H15N3O3S/c1-4-16-10(14)9(13-15-2)8-5-7(6-17-3)11-12-8/h5H,4,6H2,1-3H3,(H,11,12). The molecule has 1 aromatic rings. The molecule has 0 aliphatic rings. The molecule has 17 heavy (non-hydrogen) atoms. The second-order valence-corrected chi connectivity index (χ2v) is 3.91. The SMILES string of the molecule is CCOC(=O)C(=NOC)c1cc(CSC)n[nH]1. The zero-order valence-corrected chi connectivity index (χ0v) is 10.8. The minimum atomic E-state index is -0.534. The van der Waals surface area contributed by atoms with Gasteiger partial charge >= 0.3 is 5.97 Å². The molecule has 0 saturated carbocycles. The molecule has 0 spiro atoms. The van der Waals surface area contributed by atoms with Crippen LogP contribution in [0.1, 0.15) is 18.3 Å². The summed E-state index contributed by atoms with van der Waals surface area (Å²) < 4.78 is 4.88. The number of nitrogens with zero attached hydrogens (tertiary/aromatic N) is 2. The number of thioether (sulfide) groups is 1. The van der Waals surface area contributed by atoms with Gasteiger partial charge in [-0.2, -0.15) is 16.9 Å². The molecule has 1 rings (SSSR count). The fraction of sp³-hybridized carbons (Fsp3) is 0.500. The number of oxime groups is 1. The van der Waals surface area contributed by atoms with Gasteiger partial charge in [0, 0.05) is 5.75 Å². The summed E-state index contributed by atoms with van der Waals surface area (Å²) in [5, 5.41) is 10.5. The first-order chi connectivity index (χ1) is 8.22. The highest BCUT2D eigenvalue weighted by Gasteiger charge is 2.18. The van der Waals surface area contributed by atoms with E-state index in [1.54, 1.807) is 24.8 Å². The lowest BCUT2D eigenvalue weighted by Crippen LogP contribution is -2.19. The molecule has 0 atom stereocenters. The zero-order valence-electron chi connectivity index (χ0n) is 10.0. The fourth-order valence-corrected chi connectivity index (χ4v) is 1.64. The summed E-state index contributed by atoms with van der Waals surface area (Å²) in [6.45, 7) is 2.02. The molecule has 0 aromatic carbocycles. The van der Waals surface area contributed by atoms with Gasteiger partial charge < -0.3 is 9.57 Å². The van der Waals surface area contributed by atoms with Gasteiger partial charge in [-0.25, -0.2) is 4.79 Å². The molecule has 1 heterocycles. The van der Waals surface area contributed by atoms with Crippen molar-refractivity contribution < 1.29 is 14.4 Å². The summed E-state index contributed by atoms with van der Waals surface area (Å²) in [7, 11) is 1.37. The fourth-order valence-electron chi connectivity index (χ4n) is 1.19. The number of aromatic amines is 1. The molecule has 0 aliphatic heterocycles. The smallest absolute Gasteiger partial charge is 0.362 e. The van der Waals surface area contributed by atoms with E-state index in [-0.39, 0.29) is 12.3 Å². The van der Waals surface area contributed by atoms with Crippen molar-refractivity contribution in [3.8, 4) is 0 Å². The molecule has 0 aliphatic carbocycles. The van der Waals surface area contributed by atoms with E-state index in [4.69, 9.17) is 4.74 Å². The summed E-state index contributed by atoms with van der Waals surface area (Å²) in [6, 6.07) is 1.76. The van der Waals surface area contributed by atoms with Gasteiger partial charge in [-0.05, 0) is 19.2 Å². The Bertz CT molecular complexity index is 403. The molecule has 0 saturated heterocycles. The lowest BCUT2D eigenvalue weighted by Gasteiger charge is -2.02. The van der Waals surface area contributed by atoms with Gasteiger partial charge in [0.15, 0.2) is 0 Å². The molecule has 6 nitrogen and oxygen atoms in total. The van der Waals surface area contributed by atoms with Crippen LogP contribution in [0.3, 0.4) is 0 Å². The average molecular weight is 257 g/mol. The highest BCUT2D eigenvalue weighted by Crippen LogP contribution is 2.09. The van der Waals surface area contributed by atoms with Crippen LogP contribution >= 0.6 is 11.8 Å². The van der Waals surface area contributed by atoms with Crippen molar-refractivity contribution in [1.29, 1.82) is 0 Å². The number of hydrogen-bond donors (Lipinski definition) is 1. The lowest BCUT2D eigenvalue weighted by molar-refractivity contribution is -0.135. The molecule has 7 heteroatoms. The lowest BCUT2D eigenvalue weighted by atomic mass is 10.2. The maximum absolute atomic E-state index is 11.6. The van der Waals surface area contributed by atoms with Gasteiger partial charge in [-0.3, -0.25) is 5.10 Å². The van der Waals surface area contributed by atoms with Crippen LogP contribution in [0.2, 0.25) is 0 Å². The van der Waals surface area contributed by atoms with Crippen molar-refractivity contribution in [3.05, 3.63) is 17.5 Å². The molecule has 0 radical (unpaired) electrons. The van der Waals surface area contributed by atoms with Gasteiger partial charge in [0.25, 0.3) is 0 Å². The van der Waals surface area contributed by atoms with E-state index in [9.17, 15) is 4.79 Å². The van der Waals surface area contributed by atoms with E-state index in [1.807, 2.05) is 6.26 Å². The van der Waals surface area contributed by atoms with Crippen LogP contribution in [0.5, 0.6) is 0 Å². The van der Waals surface area contributed by atoms with Crippen LogP contribution in [0.25, 0.3) is 0 Å². The molecule has 0 amide bonds. The Morgan fingerprint density at radius 3 is 3.00 bits per heavy atom. The molecule has 0 fully saturated rings. The number of H-pyrrole nitrogens is 1. The van der Waals surface area contributed by atoms with Crippen molar-refractivity contribution in [2.24, 2.45) is 5.16 Å². The predicted molar refractivity (Wildman–Crippen MR) is 66.0 cm³/mol. The number of carbonyl (C=O) groups excluding carboxylic acids is 1. The van der Waals surface area contributed by atoms with Crippen LogP contribution in [0.4, 0.5) is 0 Å². The Morgan fingerprint density at radius 2 is 2.41 bits per heavy atom. The predicted octanol–water partition coefficient (Wildman–Crippen LogP) is 1.19. The largest absolute Gasteiger partial charge is 0.461 e. The minimum Gasteiger partial charge on any atom is -0.461 e. The van der Waals surface area contributed by atoms with E-state index in [1.165, 1.54) is 7.11 Å². The third kappa shape index (κ3) is 3.77. The summed E-state index contributed by atoms with van der Waals surface area (Å²) in [5.74, 6) is 0.230. The van der Waals surface area contributed by atoms with Crippen LogP contribution in [-0.4, -0.2) is 41.9 Å². The van der Waals surface area contributed by atoms with Crippen molar-refractivity contribution in [3.63, 3.8) is 0 Å². The van der Waals surface area contributed by atoms with Crippen LogP contribution in [0, 0.1) is 0 Å². The Hall–Kier alpha value is -1.50. The Kier molecular flexibility index (Phi) is 5.55. The quantitative estimate of drug-likeness (QED) is 0.470. The van der Waals surface area contributed by atoms with E-state index in [0.717, 1.165) is 11.4 Å². The zero-order chi connectivity index (χ0) is 12.7. The monoisotopic (exact) mass is 257 g/mol. The van der Waals surface area contributed by atoms with Crippen molar-refractivity contribution in [1.82, 2.24) is 10.2 Å². The first-order valence-corrected chi connectivity index (χ1v) is 6.44. The maximum atomic E-state index is 11.6. The van der Waals surface area contributed by atoms with E-state index in [0.29, 0.717) is 5.69 Å². The summed E-state index contributed by atoms with van der Waals surface area (Å²) >= 11 is 1.64. The second-order valence-electron chi connectivity index (χ2n) is 3.05. The number of ether oxygens (including phenoxy) is 1. The first kappa shape index (κ1) is 13.6. The number of rotatable bonds is 6. The molecular formula is C10H15N3O3S. The van der Waals surface area contributed by atoms with Gasteiger partial charge in [0.1, 0.15) is 7.11 Å². The van der Waals surface area contributed by atoms with Crippen molar-refractivity contribution in [2.45, 2.75) is 12.7 Å². The minimum absolute atomic E-state index is 0.0919. The maximum Gasteiger partial charge on any atom is 0.362 e. The first-order valence-electron chi connectivity index (χ1n) is 5.04. The molecule has 0 bridgehead atoms. The van der Waals surface area contributed by atoms with E-state index < -0.39 is 5.97 Å².